The Morgan fingerprint density at radius 1 is 1.20 bits per heavy atom. The Bertz CT molecular complexity index is 1040. The summed E-state index contributed by atoms with van der Waals surface area (Å²) in [5.41, 5.74) is 2.32. The molecule has 0 unspecified atom stereocenters. The Balaban J connectivity index is 1.55. The largest absolute Gasteiger partial charge is 0.390 e. The molecule has 4 heterocycles. The zero-order valence-electron chi connectivity index (χ0n) is 12.8. The predicted molar refractivity (Wildman–Crippen MR) is 92.2 cm³/mol. The molecule has 8 nitrogen and oxygen atoms in total. The summed E-state index contributed by atoms with van der Waals surface area (Å²) in [6.07, 6.45) is 4.95. The van der Waals surface area contributed by atoms with Gasteiger partial charge in [0.15, 0.2) is 11.5 Å². The predicted octanol–water partition coefficient (Wildman–Crippen LogP) is 1.99. The third-order valence-corrected chi connectivity index (χ3v) is 4.33. The molecule has 4 rings (SSSR count). The number of imidazole rings is 1. The monoisotopic (exact) mass is 352 g/mol. The standard InChI is InChI=1S/C16H12N6O2S/c23-8-11-1-2-14-19-13(7-22(14)21-11)20-15(24)12-9-25-16(18-12)10-3-5-17-6-4-10/h1-7,9,23H,8H2,(H,20,24). The van der Waals surface area contributed by atoms with E-state index in [1.54, 1.807) is 36.1 Å². The second-order valence-electron chi connectivity index (χ2n) is 5.14. The molecule has 25 heavy (non-hydrogen) atoms. The van der Waals surface area contributed by atoms with Crippen molar-refractivity contribution in [1.82, 2.24) is 24.6 Å². The number of hydrogen-bond donors (Lipinski definition) is 2. The molecule has 124 valence electrons. The fourth-order valence-corrected chi connectivity index (χ4v) is 3.06. The minimum absolute atomic E-state index is 0.160. The number of aliphatic hydroxyl groups excluding tert-OH is 1. The molecule has 0 spiro atoms. The van der Waals surface area contributed by atoms with Gasteiger partial charge < -0.3 is 10.4 Å². The average molecular weight is 352 g/mol. The van der Waals surface area contributed by atoms with Crippen LogP contribution in [0.4, 0.5) is 5.82 Å². The van der Waals surface area contributed by atoms with Crippen molar-refractivity contribution < 1.29 is 9.90 Å². The van der Waals surface area contributed by atoms with Crippen LogP contribution < -0.4 is 5.32 Å². The van der Waals surface area contributed by atoms with Crippen molar-refractivity contribution in [3.05, 3.63) is 59.6 Å². The van der Waals surface area contributed by atoms with E-state index in [1.165, 1.54) is 15.9 Å². The smallest absolute Gasteiger partial charge is 0.276 e. The van der Waals surface area contributed by atoms with Gasteiger partial charge in [-0.15, -0.1) is 11.3 Å². The molecule has 0 fully saturated rings. The lowest BCUT2D eigenvalue weighted by Gasteiger charge is -1.97. The number of amides is 1. The summed E-state index contributed by atoms with van der Waals surface area (Å²) in [6, 6.07) is 7.08. The van der Waals surface area contributed by atoms with E-state index >= 15 is 0 Å². The number of hydrogen-bond acceptors (Lipinski definition) is 7. The summed E-state index contributed by atoms with van der Waals surface area (Å²) < 4.78 is 1.50. The van der Waals surface area contributed by atoms with Crippen molar-refractivity contribution >= 4 is 28.7 Å². The van der Waals surface area contributed by atoms with Crippen LogP contribution in [0.3, 0.4) is 0 Å². The highest BCUT2D eigenvalue weighted by Crippen LogP contribution is 2.23. The van der Waals surface area contributed by atoms with Crippen LogP contribution in [0.25, 0.3) is 16.2 Å². The van der Waals surface area contributed by atoms with Gasteiger partial charge in [0.05, 0.1) is 18.5 Å². The molecular formula is C16H12N6O2S. The SMILES string of the molecule is O=C(Nc1cn2nc(CO)ccc2n1)c1csc(-c2ccncc2)n1. The van der Waals surface area contributed by atoms with Crippen molar-refractivity contribution in [3.8, 4) is 10.6 Å². The molecule has 0 saturated heterocycles. The molecule has 0 bridgehead atoms. The van der Waals surface area contributed by atoms with Crippen LogP contribution in [0.5, 0.6) is 0 Å². The number of thiazole rings is 1. The number of anilines is 1. The summed E-state index contributed by atoms with van der Waals surface area (Å²) in [5, 5.41) is 18.4. The van der Waals surface area contributed by atoms with Crippen molar-refractivity contribution in [2.24, 2.45) is 0 Å². The quantitative estimate of drug-likeness (QED) is 0.582. The van der Waals surface area contributed by atoms with Crippen LogP contribution >= 0.6 is 11.3 Å². The Morgan fingerprint density at radius 2 is 2.04 bits per heavy atom. The van der Waals surface area contributed by atoms with Gasteiger partial charge >= 0.3 is 0 Å². The topological polar surface area (TPSA) is 105 Å². The molecule has 0 aliphatic heterocycles. The van der Waals surface area contributed by atoms with Crippen molar-refractivity contribution in [2.45, 2.75) is 6.61 Å². The molecule has 1 amide bonds. The first kappa shape index (κ1) is 15.4. The molecule has 0 aliphatic rings. The molecule has 0 radical (unpaired) electrons. The number of rotatable bonds is 4. The fourth-order valence-electron chi connectivity index (χ4n) is 2.25. The Labute approximate surface area is 145 Å². The van der Waals surface area contributed by atoms with E-state index in [4.69, 9.17) is 5.11 Å². The van der Waals surface area contributed by atoms with Crippen molar-refractivity contribution in [2.75, 3.05) is 5.32 Å². The van der Waals surface area contributed by atoms with Crippen molar-refractivity contribution in [3.63, 3.8) is 0 Å². The van der Waals surface area contributed by atoms with Crippen LogP contribution in [-0.2, 0) is 6.61 Å². The molecule has 0 saturated carbocycles. The van der Waals surface area contributed by atoms with E-state index < -0.39 is 0 Å². The lowest BCUT2D eigenvalue weighted by molar-refractivity contribution is 0.102. The normalized spacial score (nSPS) is 10.9. The average Bonchev–Trinajstić information content (AvgIpc) is 3.28. The van der Waals surface area contributed by atoms with E-state index in [0.717, 1.165) is 10.6 Å². The van der Waals surface area contributed by atoms with Crippen LogP contribution in [0, 0.1) is 0 Å². The number of nitrogens with one attached hydrogen (secondary N) is 1. The molecule has 2 N–H and O–H groups in total. The lowest BCUT2D eigenvalue weighted by atomic mass is 10.3. The van der Waals surface area contributed by atoms with Crippen molar-refractivity contribution in [1.29, 1.82) is 0 Å². The highest BCUT2D eigenvalue weighted by molar-refractivity contribution is 7.13. The third-order valence-electron chi connectivity index (χ3n) is 3.44. The first-order chi connectivity index (χ1) is 12.2. The van der Waals surface area contributed by atoms with Crippen LogP contribution in [0.15, 0.2) is 48.2 Å². The first-order valence-corrected chi connectivity index (χ1v) is 8.24. The van der Waals surface area contributed by atoms with Gasteiger partial charge in [0.25, 0.3) is 5.91 Å². The van der Waals surface area contributed by atoms with E-state index in [0.29, 0.717) is 22.9 Å². The second-order valence-corrected chi connectivity index (χ2v) is 6.00. The molecule has 4 aromatic heterocycles. The molecule has 0 aliphatic carbocycles. The van der Waals surface area contributed by atoms with E-state index in [2.05, 4.69) is 25.4 Å². The molecule has 4 aromatic rings. The number of fused-ring (bicyclic) bond motifs is 1. The van der Waals surface area contributed by atoms with Crippen LogP contribution in [0.2, 0.25) is 0 Å². The summed E-state index contributed by atoms with van der Waals surface area (Å²) in [5.74, 6) is 0.0217. The minimum atomic E-state index is -0.345. The first-order valence-electron chi connectivity index (χ1n) is 7.36. The van der Waals surface area contributed by atoms with E-state index in [1.807, 2.05) is 12.1 Å². The molecule has 0 atom stereocenters. The van der Waals surface area contributed by atoms with Crippen LogP contribution in [0.1, 0.15) is 16.2 Å². The number of nitrogens with zero attached hydrogens (tertiary/aromatic N) is 5. The highest BCUT2D eigenvalue weighted by Gasteiger charge is 2.14. The Morgan fingerprint density at radius 3 is 2.84 bits per heavy atom. The number of carbonyl (C=O) groups excluding carboxylic acids is 1. The minimum Gasteiger partial charge on any atom is -0.390 e. The summed E-state index contributed by atoms with van der Waals surface area (Å²) in [4.78, 5) is 25.0. The van der Waals surface area contributed by atoms with Gasteiger partial charge in [-0.2, -0.15) is 5.10 Å². The van der Waals surface area contributed by atoms with E-state index in [9.17, 15) is 4.79 Å². The van der Waals surface area contributed by atoms with Gasteiger partial charge in [-0.25, -0.2) is 14.5 Å². The molecular weight excluding hydrogens is 340 g/mol. The summed E-state index contributed by atoms with van der Waals surface area (Å²) in [6.45, 7) is -0.160. The highest BCUT2D eigenvalue weighted by atomic mass is 32.1. The lowest BCUT2D eigenvalue weighted by Crippen LogP contribution is -2.12. The zero-order chi connectivity index (χ0) is 17.2. The number of aliphatic hydroxyl groups is 1. The number of aromatic nitrogens is 5. The molecule has 0 aromatic carbocycles. The van der Waals surface area contributed by atoms with Gasteiger partial charge in [0.2, 0.25) is 0 Å². The van der Waals surface area contributed by atoms with Crippen LogP contribution in [-0.4, -0.2) is 35.6 Å². The summed E-state index contributed by atoms with van der Waals surface area (Å²) >= 11 is 1.39. The maximum atomic E-state index is 12.4. The van der Waals surface area contributed by atoms with Gasteiger partial charge in [0.1, 0.15) is 10.7 Å². The maximum absolute atomic E-state index is 12.4. The summed E-state index contributed by atoms with van der Waals surface area (Å²) in [7, 11) is 0. The number of carbonyl (C=O) groups is 1. The Hall–Kier alpha value is -3.17. The molecule has 9 heteroatoms. The van der Waals surface area contributed by atoms with Gasteiger partial charge in [-0.3, -0.25) is 9.78 Å². The zero-order valence-corrected chi connectivity index (χ0v) is 13.6. The fraction of sp³-hybridized carbons (Fsp3) is 0.0625. The third kappa shape index (κ3) is 3.10. The Kier molecular flexibility index (Phi) is 3.92. The van der Waals surface area contributed by atoms with Gasteiger partial charge in [-0.05, 0) is 24.3 Å². The maximum Gasteiger partial charge on any atom is 0.276 e. The van der Waals surface area contributed by atoms with Gasteiger partial charge in [0, 0.05) is 23.3 Å². The van der Waals surface area contributed by atoms with E-state index in [-0.39, 0.29) is 12.5 Å². The van der Waals surface area contributed by atoms with Gasteiger partial charge in [-0.1, -0.05) is 0 Å². The second kappa shape index (κ2) is 6.38. The number of pyridine rings is 1.